The van der Waals surface area contributed by atoms with Crippen LogP contribution in [0.2, 0.25) is 0 Å². The second-order valence-corrected chi connectivity index (χ2v) is 3.83. The molecule has 4 heteroatoms. The van der Waals surface area contributed by atoms with E-state index in [-0.39, 0.29) is 11.7 Å². The number of carbonyl (C=O) groups excluding carboxylic acids is 1. The number of halogens is 1. The van der Waals surface area contributed by atoms with Crippen molar-refractivity contribution in [2.75, 3.05) is 7.11 Å². The van der Waals surface area contributed by atoms with Crippen molar-refractivity contribution in [1.29, 1.82) is 0 Å². The monoisotopic (exact) mass is 224 g/mol. The van der Waals surface area contributed by atoms with Crippen LogP contribution in [0.3, 0.4) is 0 Å². The second kappa shape index (κ2) is 4.51. The Morgan fingerprint density at radius 3 is 2.69 bits per heavy atom. The average molecular weight is 224 g/mol. The molecule has 0 spiro atoms. The van der Waals surface area contributed by atoms with Crippen LogP contribution in [-0.4, -0.2) is 19.2 Å². The van der Waals surface area contributed by atoms with E-state index >= 15 is 0 Å². The summed E-state index contributed by atoms with van der Waals surface area (Å²) in [7, 11) is 1.31. The predicted molar refractivity (Wildman–Crippen MR) is 55.6 cm³/mol. The molecule has 1 atom stereocenters. The zero-order valence-electron chi connectivity index (χ0n) is 8.98. The topological polar surface area (TPSA) is 35.5 Å². The number of hydrogen-bond acceptors (Lipinski definition) is 3. The number of para-hydroxylation sites is 1. The maximum Gasteiger partial charge on any atom is 0.347 e. The molecule has 1 saturated carbocycles. The lowest BCUT2D eigenvalue weighted by Gasteiger charge is -2.16. The van der Waals surface area contributed by atoms with Crippen molar-refractivity contribution < 1.29 is 18.7 Å². The number of methoxy groups -OCH3 is 1. The smallest absolute Gasteiger partial charge is 0.347 e. The Morgan fingerprint density at radius 2 is 2.12 bits per heavy atom. The Labute approximate surface area is 93.2 Å². The minimum atomic E-state index is -0.679. The van der Waals surface area contributed by atoms with E-state index in [0.29, 0.717) is 0 Å². The largest absolute Gasteiger partial charge is 0.475 e. The summed E-state index contributed by atoms with van der Waals surface area (Å²) >= 11 is 0. The fourth-order valence-corrected chi connectivity index (χ4v) is 1.53. The molecule has 1 aliphatic rings. The van der Waals surface area contributed by atoms with Gasteiger partial charge in [-0.2, -0.15) is 0 Å². The van der Waals surface area contributed by atoms with Gasteiger partial charge in [-0.3, -0.25) is 0 Å². The number of esters is 1. The Bertz CT molecular complexity index is 388. The van der Waals surface area contributed by atoms with Crippen molar-refractivity contribution in [3.8, 4) is 5.75 Å². The van der Waals surface area contributed by atoms with Gasteiger partial charge in [-0.15, -0.1) is 0 Å². The summed E-state index contributed by atoms with van der Waals surface area (Å²) in [6.45, 7) is 0. The van der Waals surface area contributed by atoms with Crippen LogP contribution in [0.4, 0.5) is 4.39 Å². The summed E-state index contributed by atoms with van der Waals surface area (Å²) in [5, 5.41) is 0. The lowest BCUT2D eigenvalue weighted by molar-refractivity contribution is -0.149. The lowest BCUT2D eigenvalue weighted by atomic mass is 10.2. The summed E-state index contributed by atoms with van der Waals surface area (Å²) in [4.78, 5) is 11.4. The molecule has 1 unspecified atom stereocenters. The van der Waals surface area contributed by atoms with Crippen LogP contribution in [0.5, 0.6) is 5.75 Å². The molecule has 86 valence electrons. The summed E-state index contributed by atoms with van der Waals surface area (Å²) in [6, 6.07) is 6.05. The van der Waals surface area contributed by atoms with Crippen LogP contribution in [0.1, 0.15) is 12.8 Å². The van der Waals surface area contributed by atoms with Gasteiger partial charge in [0.05, 0.1) is 7.11 Å². The van der Waals surface area contributed by atoms with Gasteiger partial charge in [-0.05, 0) is 25.0 Å². The Kier molecular flexibility index (Phi) is 3.08. The summed E-state index contributed by atoms with van der Waals surface area (Å²) in [6.07, 6.45) is 1.17. The minimum absolute atomic E-state index is 0.102. The third kappa shape index (κ3) is 2.32. The molecule has 0 bridgehead atoms. The van der Waals surface area contributed by atoms with Crippen molar-refractivity contribution in [3.63, 3.8) is 0 Å². The van der Waals surface area contributed by atoms with Crippen molar-refractivity contribution in [1.82, 2.24) is 0 Å². The van der Waals surface area contributed by atoms with Crippen molar-refractivity contribution >= 4 is 5.97 Å². The first-order valence-electron chi connectivity index (χ1n) is 5.21. The molecule has 0 N–H and O–H groups in total. The fourth-order valence-electron chi connectivity index (χ4n) is 1.53. The molecule has 1 fully saturated rings. The summed E-state index contributed by atoms with van der Waals surface area (Å²) in [5.41, 5.74) is 0. The SMILES string of the molecule is COC(=O)C(Oc1ccccc1F)C1CC1. The first-order chi connectivity index (χ1) is 7.72. The van der Waals surface area contributed by atoms with Crippen molar-refractivity contribution in [3.05, 3.63) is 30.1 Å². The molecule has 0 radical (unpaired) electrons. The van der Waals surface area contributed by atoms with Gasteiger partial charge in [0.2, 0.25) is 0 Å². The van der Waals surface area contributed by atoms with Crippen molar-refractivity contribution in [2.24, 2.45) is 5.92 Å². The normalized spacial score (nSPS) is 16.6. The standard InChI is InChI=1S/C12H13FO3/c1-15-12(14)11(8-6-7-8)16-10-5-3-2-4-9(10)13/h2-5,8,11H,6-7H2,1H3. The van der Waals surface area contributed by atoms with E-state index in [1.165, 1.54) is 19.2 Å². The molecule has 2 rings (SSSR count). The van der Waals surface area contributed by atoms with E-state index in [9.17, 15) is 9.18 Å². The van der Waals surface area contributed by atoms with Gasteiger partial charge < -0.3 is 9.47 Å². The number of ether oxygens (including phenoxy) is 2. The Morgan fingerprint density at radius 1 is 1.44 bits per heavy atom. The van der Waals surface area contributed by atoms with Gasteiger partial charge in [0, 0.05) is 5.92 Å². The van der Waals surface area contributed by atoms with E-state index in [1.54, 1.807) is 12.1 Å². The fraction of sp³-hybridized carbons (Fsp3) is 0.417. The van der Waals surface area contributed by atoms with Crippen LogP contribution >= 0.6 is 0 Å². The zero-order valence-corrected chi connectivity index (χ0v) is 8.98. The van der Waals surface area contributed by atoms with Crippen molar-refractivity contribution in [2.45, 2.75) is 18.9 Å². The molecule has 1 aromatic carbocycles. The molecule has 16 heavy (non-hydrogen) atoms. The molecule has 1 aliphatic carbocycles. The van der Waals surface area contributed by atoms with Gasteiger partial charge in [0.1, 0.15) is 0 Å². The quantitative estimate of drug-likeness (QED) is 0.735. The first-order valence-corrected chi connectivity index (χ1v) is 5.21. The highest BCUT2D eigenvalue weighted by molar-refractivity contribution is 5.75. The minimum Gasteiger partial charge on any atom is -0.475 e. The highest BCUT2D eigenvalue weighted by Crippen LogP contribution is 2.35. The van der Waals surface area contributed by atoms with E-state index in [4.69, 9.17) is 4.74 Å². The summed E-state index contributed by atoms with van der Waals surface area (Å²) < 4.78 is 23.3. The lowest BCUT2D eigenvalue weighted by Crippen LogP contribution is -2.30. The third-order valence-electron chi connectivity index (χ3n) is 2.57. The Balaban J connectivity index is 2.11. The number of hydrogen-bond donors (Lipinski definition) is 0. The molecule has 0 saturated heterocycles. The van der Waals surface area contributed by atoms with E-state index in [2.05, 4.69) is 4.74 Å². The maximum absolute atomic E-state index is 13.3. The summed E-state index contributed by atoms with van der Waals surface area (Å²) in [5.74, 6) is -0.639. The van der Waals surface area contributed by atoms with Gasteiger partial charge in [-0.25, -0.2) is 9.18 Å². The van der Waals surface area contributed by atoms with Crippen LogP contribution in [0.15, 0.2) is 24.3 Å². The molecular weight excluding hydrogens is 211 g/mol. The van der Waals surface area contributed by atoms with Gasteiger partial charge in [0.25, 0.3) is 0 Å². The molecule has 1 aromatic rings. The van der Waals surface area contributed by atoms with Gasteiger partial charge >= 0.3 is 5.97 Å². The van der Waals surface area contributed by atoms with E-state index in [1.807, 2.05) is 0 Å². The average Bonchev–Trinajstić information content (AvgIpc) is 3.11. The zero-order chi connectivity index (χ0) is 11.5. The molecule has 0 aliphatic heterocycles. The second-order valence-electron chi connectivity index (χ2n) is 3.83. The van der Waals surface area contributed by atoms with Crippen LogP contribution < -0.4 is 4.74 Å². The highest BCUT2D eigenvalue weighted by Gasteiger charge is 2.39. The van der Waals surface area contributed by atoms with Gasteiger partial charge in [0.15, 0.2) is 17.7 Å². The highest BCUT2D eigenvalue weighted by atomic mass is 19.1. The number of carbonyl (C=O) groups is 1. The Hall–Kier alpha value is -1.58. The van der Waals surface area contributed by atoms with Crippen LogP contribution in [0, 0.1) is 11.7 Å². The number of benzene rings is 1. The molecule has 0 heterocycles. The molecule has 0 aromatic heterocycles. The molecule has 0 amide bonds. The molecule has 3 nitrogen and oxygen atoms in total. The van der Waals surface area contributed by atoms with E-state index in [0.717, 1.165) is 12.8 Å². The maximum atomic E-state index is 13.3. The van der Waals surface area contributed by atoms with Crippen LogP contribution in [-0.2, 0) is 9.53 Å². The van der Waals surface area contributed by atoms with E-state index < -0.39 is 17.9 Å². The molecular formula is C12H13FO3. The van der Waals surface area contributed by atoms with Crippen LogP contribution in [0.25, 0.3) is 0 Å². The predicted octanol–water partition coefficient (Wildman–Crippen LogP) is 2.16. The first kappa shape index (κ1) is 10.9. The number of rotatable bonds is 4. The van der Waals surface area contributed by atoms with Gasteiger partial charge in [-0.1, -0.05) is 12.1 Å². The third-order valence-corrected chi connectivity index (χ3v) is 2.57.